The number of hydrogen-bond donors (Lipinski definition) is 2. The van der Waals surface area contributed by atoms with E-state index in [1.807, 2.05) is 0 Å². The van der Waals surface area contributed by atoms with Gasteiger partial charge < -0.3 is 19.7 Å². The van der Waals surface area contributed by atoms with Crippen LogP contribution in [0.3, 0.4) is 0 Å². The summed E-state index contributed by atoms with van der Waals surface area (Å²) in [5.41, 5.74) is 0. The van der Waals surface area contributed by atoms with Crippen molar-refractivity contribution in [1.29, 1.82) is 0 Å². The largest absolute Gasteiger partial charge is 0.396 e. The molecule has 1 aliphatic rings. The molecule has 0 bridgehead atoms. The molecule has 1 fully saturated rings. The summed E-state index contributed by atoms with van der Waals surface area (Å²) in [6, 6.07) is 0. The average Bonchev–Trinajstić information content (AvgIpc) is 2.13. The Balaban J connectivity index is 1.72. The quantitative estimate of drug-likeness (QED) is 0.559. The SMILES string of the molecule is OCCCOCCCO[C@H]1C[C@H](O)C1. The Kier molecular flexibility index (Phi) is 6.10. The minimum absolute atomic E-state index is 0.138. The van der Waals surface area contributed by atoms with Crippen LogP contribution >= 0.6 is 0 Å². The topological polar surface area (TPSA) is 58.9 Å². The van der Waals surface area contributed by atoms with Gasteiger partial charge in [-0.1, -0.05) is 0 Å². The fourth-order valence-corrected chi connectivity index (χ4v) is 1.35. The first-order valence-electron chi connectivity index (χ1n) is 5.31. The molecule has 0 saturated heterocycles. The van der Waals surface area contributed by atoms with E-state index in [4.69, 9.17) is 19.7 Å². The van der Waals surface area contributed by atoms with Gasteiger partial charge in [0.25, 0.3) is 0 Å². The van der Waals surface area contributed by atoms with E-state index in [0.29, 0.717) is 26.2 Å². The minimum atomic E-state index is -0.138. The summed E-state index contributed by atoms with van der Waals surface area (Å²) in [6.45, 7) is 2.21. The van der Waals surface area contributed by atoms with Crippen LogP contribution in [0.2, 0.25) is 0 Å². The zero-order valence-corrected chi connectivity index (χ0v) is 8.52. The molecule has 0 aromatic carbocycles. The number of hydrogen-bond acceptors (Lipinski definition) is 4. The van der Waals surface area contributed by atoms with Crippen molar-refractivity contribution in [3.63, 3.8) is 0 Å². The van der Waals surface area contributed by atoms with E-state index in [-0.39, 0.29) is 18.8 Å². The lowest BCUT2D eigenvalue weighted by Crippen LogP contribution is -2.35. The van der Waals surface area contributed by atoms with E-state index in [9.17, 15) is 0 Å². The highest BCUT2D eigenvalue weighted by molar-refractivity contribution is 4.78. The van der Waals surface area contributed by atoms with Gasteiger partial charge in [-0.2, -0.15) is 0 Å². The van der Waals surface area contributed by atoms with Crippen molar-refractivity contribution < 1.29 is 19.7 Å². The van der Waals surface area contributed by atoms with Crippen molar-refractivity contribution in [2.45, 2.75) is 37.9 Å². The lowest BCUT2D eigenvalue weighted by atomic mass is 9.92. The summed E-state index contributed by atoms with van der Waals surface area (Å²) in [7, 11) is 0. The maximum atomic E-state index is 8.99. The molecule has 84 valence electrons. The van der Waals surface area contributed by atoms with Crippen molar-refractivity contribution in [2.75, 3.05) is 26.4 Å². The molecule has 0 aromatic heterocycles. The second-order valence-electron chi connectivity index (χ2n) is 3.66. The van der Waals surface area contributed by atoms with Crippen molar-refractivity contribution in [2.24, 2.45) is 0 Å². The molecule has 0 amide bonds. The first-order chi connectivity index (χ1) is 6.83. The van der Waals surface area contributed by atoms with Crippen LogP contribution in [0.25, 0.3) is 0 Å². The van der Waals surface area contributed by atoms with Crippen LogP contribution in [0.15, 0.2) is 0 Å². The summed E-state index contributed by atoms with van der Waals surface area (Å²) in [5.74, 6) is 0. The molecule has 14 heavy (non-hydrogen) atoms. The van der Waals surface area contributed by atoms with Crippen LogP contribution in [0.5, 0.6) is 0 Å². The first kappa shape index (κ1) is 11.9. The van der Waals surface area contributed by atoms with Crippen LogP contribution in [0, 0.1) is 0 Å². The van der Waals surface area contributed by atoms with E-state index >= 15 is 0 Å². The van der Waals surface area contributed by atoms with Gasteiger partial charge in [-0.3, -0.25) is 0 Å². The average molecular weight is 204 g/mol. The molecular weight excluding hydrogens is 184 g/mol. The molecule has 4 heteroatoms. The highest BCUT2D eigenvalue weighted by Crippen LogP contribution is 2.22. The van der Waals surface area contributed by atoms with Gasteiger partial charge in [0.1, 0.15) is 0 Å². The third-order valence-electron chi connectivity index (χ3n) is 2.30. The maximum absolute atomic E-state index is 8.99. The molecule has 0 aromatic rings. The molecule has 0 heterocycles. The van der Waals surface area contributed by atoms with Crippen molar-refractivity contribution in [1.82, 2.24) is 0 Å². The predicted molar refractivity (Wildman–Crippen MR) is 52.1 cm³/mol. The van der Waals surface area contributed by atoms with Gasteiger partial charge in [0, 0.05) is 26.4 Å². The van der Waals surface area contributed by atoms with Crippen LogP contribution in [-0.2, 0) is 9.47 Å². The van der Waals surface area contributed by atoms with Crippen LogP contribution in [-0.4, -0.2) is 48.8 Å². The van der Waals surface area contributed by atoms with E-state index in [2.05, 4.69) is 0 Å². The third kappa shape index (κ3) is 4.91. The van der Waals surface area contributed by atoms with Crippen molar-refractivity contribution in [3.05, 3.63) is 0 Å². The smallest absolute Gasteiger partial charge is 0.0624 e. The second kappa shape index (κ2) is 7.17. The molecule has 2 N–H and O–H groups in total. The van der Waals surface area contributed by atoms with E-state index < -0.39 is 0 Å². The Morgan fingerprint density at radius 1 is 1.07 bits per heavy atom. The summed E-state index contributed by atoms with van der Waals surface area (Å²) in [6.07, 6.45) is 3.29. The third-order valence-corrected chi connectivity index (χ3v) is 2.30. The molecule has 0 unspecified atom stereocenters. The fraction of sp³-hybridized carbons (Fsp3) is 1.00. The molecule has 0 atom stereocenters. The Hall–Kier alpha value is -0.160. The number of aliphatic hydroxyl groups excluding tert-OH is 2. The lowest BCUT2D eigenvalue weighted by molar-refractivity contribution is -0.0744. The molecule has 0 aliphatic heterocycles. The zero-order valence-electron chi connectivity index (χ0n) is 8.52. The zero-order chi connectivity index (χ0) is 10.2. The molecule has 1 saturated carbocycles. The normalized spacial score (nSPS) is 26.1. The molecule has 0 radical (unpaired) electrons. The standard InChI is InChI=1S/C10H20O4/c11-3-1-4-13-5-2-6-14-10-7-9(12)8-10/h9-12H,1-8H2/t9-,10-. The second-order valence-corrected chi connectivity index (χ2v) is 3.66. The van der Waals surface area contributed by atoms with Crippen LogP contribution in [0.1, 0.15) is 25.7 Å². The van der Waals surface area contributed by atoms with Crippen molar-refractivity contribution >= 4 is 0 Å². The van der Waals surface area contributed by atoms with Gasteiger partial charge in [0.05, 0.1) is 12.2 Å². The Morgan fingerprint density at radius 3 is 2.43 bits per heavy atom. The van der Waals surface area contributed by atoms with Crippen LogP contribution < -0.4 is 0 Å². The number of rotatable bonds is 8. The van der Waals surface area contributed by atoms with Gasteiger partial charge in [0.2, 0.25) is 0 Å². The summed E-state index contributed by atoms with van der Waals surface area (Å²) >= 11 is 0. The Bertz CT molecular complexity index is 134. The predicted octanol–water partition coefficient (Wildman–Crippen LogP) is 0.315. The van der Waals surface area contributed by atoms with Gasteiger partial charge in [-0.15, -0.1) is 0 Å². The van der Waals surface area contributed by atoms with Gasteiger partial charge >= 0.3 is 0 Å². The monoisotopic (exact) mass is 204 g/mol. The molecular formula is C10H20O4. The van der Waals surface area contributed by atoms with Gasteiger partial charge in [-0.05, 0) is 25.7 Å². The van der Waals surface area contributed by atoms with Crippen molar-refractivity contribution in [3.8, 4) is 0 Å². The minimum Gasteiger partial charge on any atom is -0.396 e. The maximum Gasteiger partial charge on any atom is 0.0624 e. The Labute approximate surface area is 84.8 Å². The van der Waals surface area contributed by atoms with Gasteiger partial charge in [0.15, 0.2) is 0 Å². The molecule has 4 nitrogen and oxygen atoms in total. The van der Waals surface area contributed by atoms with Gasteiger partial charge in [-0.25, -0.2) is 0 Å². The number of aliphatic hydroxyl groups is 2. The van der Waals surface area contributed by atoms with E-state index in [1.165, 1.54) is 0 Å². The lowest BCUT2D eigenvalue weighted by Gasteiger charge is -2.31. The fourth-order valence-electron chi connectivity index (χ4n) is 1.35. The molecule has 1 rings (SSSR count). The summed E-state index contributed by atoms with van der Waals surface area (Å²) in [4.78, 5) is 0. The highest BCUT2D eigenvalue weighted by atomic mass is 16.5. The first-order valence-corrected chi connectivity index (χ1v) is 5.31. The Morgan fingerprint density at radius 2 is 1.79 bits per heavy atom. The summed E-state index contributed by atoms with van der Waals surface area (Å²) < 4.78 is 10.7. The number of ether oxygens (including phenoxy) is 2. The molecule has 1 aliphatic carbocycles. The highest BCUT2D eigenvalue weighted by Gasteiger charge is 2.27. The molecule has 0 spiro atoms. The summed E-state index contributed by atoms with van der Waals surface area (Å²) in [5, 5.41) is 17.5. The van der Waals surface area contributed by atoms with E-state index in [0.717, 1.165) is 19.3 Å². The van der Waals surface area contributed by atoms with Crippen LogP contribution in [0.4, 0.5) is 0 Å². The van der Waals surface area contributed by atoms with E-state index in [1.54, 1.807) is 0 Å².